The van der Waals surface area contributed by atoms with E-state index in [9.17, 15) is 20.1 Å². The number of anilines is 1. The molecule has 0 spiro atoms. The number of carbonyl (C=O) groups is 1. The molecule has 0 saturated heterocycles. The summed E-state index contributed by atoms with van der Waals surface area (Å²) in [6.45, 7) is 1.77. The third-order valence-corrected chi connectivity index (χ3v) is 4.32. The van der Waals surface area contributed by atoms with Crippen molar-refractivity contribution in [2.75, 3.05) is 5.32 Å². The molecule has 0 aliphatic carbocycles. The molecule has 7 heteroatoms. The number of aromatic nitrogens is 2. The molecule has 0 bridgehead atoms. The van der Waals surface area contributed by atoms with Crippen LogP contribution in [0.4, 0.5) is 5.82 Å². The summed E-state index contributed by atoms with van der Waals surface area (Å²) in [7, 11) is 0. The van der Waals surface area contributed by atoms with Gasteiger partial charge in [0.15, 0.2) is 23.2 Å². The van der Waals surface area contributed by atoms with Gasteiger partial charge in [-0.15, -0.1) is 0 Å². The summed E-state index contributed by atoms with van der Waals surface area (Å²) in [5.74, 6) is 0.0909. The second-order valence-corrected chi connectivity index (χ2v) is 6.15. The van der Waals surface area contributed by atoms with E-state index in [1.165, 1.54) is 16.7 Å². The third-order valence-electron chi connectivity index (χ3n) is 4.32. The van der Waals surface area contributed by atoms with Gasteiger partial charge < -0.3 is 15.3 Å². The van der Waals surface area contributed by atoms with E-state index in [0.29, 0.717) is 22.8 Å². The lowest BCUT2D eigenvalue weighted by Gasteiger charge is -2.08. The van der Waals surface area contributed by atoms with Gasteiger partial charge in [-0.1, -0.05) is 0 Å². The zero-order chi connectivity index (χ0) is 18.4. The fraction of sp³-hybridized carbons (Fsp3) is 0.105. The van der Waals surface area contributed by atoms with Gasteiger partial charge in [0.05, 0.1) is 0 Å². The van der Waals surface area contributed by atoms with Crippen molar-refractivity contribution in [2.45, 2.75) is 13.0 Å². The molecule has 0 radical (unpaired) electrons. The lowest BCUT2D eigenvalue weighted by molar-refractivity contribution is -0.551. The molecule has 1 aliphatic rings. The lowest BCUT2D eigenvalue weighted by Crippen LogP contribution is -2.42. The summed E-state index contributed by atoms with van der Waals surface area (Å²) in [5, 5.41) is 31.9. The highest BCUT2D eigenvalue weighted by atomic mass is 16.3. The van der Waals surface area contributed by atoms with Crippen LogP contribution in [-0.2, 0) is 0 Å². The van der Waals surface area contributed by atoms with E-state index in [4.69, 9.17) is 0 Å². The van der Waals surface area contributed by atoms with E-state index < -0.39 is 6.04 Å². The van der Waals surface area contributed by atoms with Gasteiger partial charge in [-0.05, 0) is 49.4 Å². The maximum atomic E-state index is 12.5. The number of benzene rings is 2. The van der Waals surface area contributed by atoms with Crippen LogP contribution in [0.5, 0.6) is 17.2 Å². The van der Waals surface area contributed by atoms with Crippen LogP contribution in [0.3, 0.4) is 0 Å². The average Bonchev–Trinajstić information content (AvgIpc) is 2.92. The minimum absolute atomic E-state index is 0.119. The van der Waals surface area contributed by atoms with Crippen LogP contribution in [0.25, 0.3) is 22.5 Å². The topological polar surface area (TPSA) is 107 Å². The molecule has 4 rings (SSSR count). The van der Waals surface area contributed by atoms with Crippen molar-refractivity contribution in [1.82, 2.24) is 4.98 Å². The van der Waals surface area contributed by atoms with Crippen molar-refractivity contribution < 1.29 is 24.7 Å². The number of nitrogens with one attached hydrogen (secondary N) is 1. The van der Waals surface area contributed by atoms with Gasteiger partial charge in [0.25, 0.3) is 0 Å². The van der Waals surface area contributed by atoms with Gasteiger partial charge in [-0.3, -0.25) is 5.32 Å². The number of phenolic OH excluding ortho intramolecular Hbond substituents is 3. The Kier molecular flexibility index (Phi) is 3.50. The predicted octanol–water partition coefficient (Wildman–Crippen LogP) is 2.27. The first-order valence-corrected chi connectivity index (χ1v) is 8.03. The first-order chi connectivity index (χ1) is 12.4. The number of hydrogen-bond donors (Lipinski definition) is 4. The number of hydrogen-bond acceptors (Lipinski definition) is 6. The molecule has 0 saturated carbocycles. The Morgan fingerprint density at radius 1 is 1.00 bits per heavy atom. The molecule has 7 nitrogen and oxygen atoms in total. The van der Waals surface area contributed by atoms with E-state index >= 15 is 0 Å². The quantitative estimate of drug-likeness (QED) is 0.417. The van der Waals surface area contributed by atoms with E-state index in [1.54, 1.807) is 43.5 Å². The van der Waals surface area contributed by atoms with Crippen LogP contribution in [0.15, 0.2) is 48.7 Å². The standard InChI is InChI=1S/C19H15N3O4/c1-10-19(26)22-9-14(12-4-7-15(24)16(25)8-12)21-17(18(22)20-10)11-2-5-13(23)6-3-11/h2-10H,1H3,(H3,20,21,23,24,25)/p+1. The monoisotopic (exact) mass is 350 g/mol. The van der Waals surface area contributed by atoms with Gasteiger partial charge in [0, 0.05) is 11.1 Å². The van der Waals surface area contributed by atoms with E-state index in [-0.39, 0.29) is 23.2 Å². The van der Waals surface area contributed by atoms with Crippen molar-refractivity contribution in [2.24, 2.45) is 0 Å². The summed E-state index contributed by atoms with van der Waals surface area (Å²) in [6, 6.07) is 10.5. The summed E-state index contributed by atoms with van der Waals surface area (Å²) >= 11 is 0. The van der Waals surface area contributed by atoms with Crippen LogP contribution in [-0.4, -0.2) is 32.3 Å². The highest BCUT2D eigenvalue weighted by Gasteiger charge is 2.38. The fourth-order valence-corrected chi connectivity index (χ4v) is 2.93. The van der Waals surface area contributed by atoms with Crippen molar-refractivity contribution in [3.8, 4) is 39.8 Å². The van der Waals surface area contributed by atoms with Crippen molar-refractivity contribution in [3.05, 3.63) is 48.7 Å². The second-order valence-electron chi connectivity index (χ2n) is 6.15. The van der Waals surface area contributed by atoms with E-state index in [0.717, 1.165) is 5.56 Å². The summed E-state index contributed by atoms with van der Waals surface area (Å²) in [6.07, 6.45) is 1.60. The molecule has 2 aromatic carbocycles. The Bertz CT molecular complexity index is 1030. The summed E-state index contributed by atoms with van der Waals surface area (Å²) < 4.78 is 1.50. The number of phenols is 3. The van der Waals surface area contributed by atoms with E-state index in [2.05, 4.69) is 10.3 Å². The van der Waals surface area contributed by atoms with Gasteiger partial charge in [0.2, 0.25) is 0 Å². The molecule has 130 valence electrons. The van der Waals surface area contributed by atoms with Crippen molar-refractivity contribution in [1.29, 1.82) is 0 Å². The zero-order valence-corrected chi connectivity index (χ0v) is 13.8. The number of nitrogens with zero attached hydrogens (tertiary/aromatic N) is 2. The molecule has 26 heavy (non-hydrogen) atoms. The molecule has 3 aromatic rings. The fourth-order valence-electron chi connectivity index (χ4n) is 2.93. The number of rotatable bonds is 2. The SMILES string of the molecule is CC1Nc2c(-c3ccc(O)cc3)nc(-c3ccc(O)c(O)c3)c[n+]2C1=O. The van der Waals surface area contributed by atoms with Crippen LogP contribution in [0.1, 0.15) is 11.7 Å². The summed E-state index contributed by atoms with van der Waals surface area (Å²) in [4.78, 5) is 17.1. The second kappa shape index (κ2) is 5.73. The first-order valence-electron chi connectivity index (χ1n) is 8.03. The number of carbonyl (C=O) groups excluding carboxylic acids is 1. The van der Waals surface area contributed by atoms with E-state index in [1.807, 2.05) is 0 Å². The summed E-state index contributed by atoms with van der Waals surface area (Å²) in [5.41, 5.74) is 2.30. The number of aromatic hydroxyl groups is 3. The molecule has 1 aliphatic heterocycles. The van der Waals surface area contributed by atoms with Crippen LogP contribution < -0.4 is 9.88 Å². The molecular weight excluding hydrogens is 334 g/mol. The van der Waals surface area contributed by atoms with Crippen LogP contribution >= 0.6 is 0 Å². The largest absolute Gasteiger partial charge is 0.508 e. The maximum Gasteiger partial charge on any atom is 0.358 e. The average molecular weight is 350 g/mol. The molecule has 1 unspecified atom stereocenters. The normalized spacial score (nSPS) is 15.6. The smallest absolute Gasteiger partial charge is 0.358 e. The van der Waals surface area contributed by atoms with Gasteiger partial charge in [0.1, 0.15) is 17.6 Å². The lowest BCUT2D eigenvalue weighted by atomic mass is 10.1. The Labute approximate surface area is 148 Å². The maximum absolute atomic E-state index is 12.5. The van der Waals surface area contributed by atoms with Crippen molar-refractivity contribution in [3.63, 3.8) is 0 Å². The highest BCUT2D eigenvalue weighted by molar-refractivity contribution is 5.86. The minimum atomic E-state index is -0.392. The molecule has 4 N–H and O–H groups in total. The Balaban J connectivity index is 1.94. The van der Waals surface area contributed by atoms with Crippen molar-refractivity contribution >= 4 is 11.7 Å². The predicted molar refractivity (Wildman–Crippen MR) is 94.0 cm³/mol. The Morgan fingerprint density at radius 2 is 1.69 bits per heavy atom. The highest BCUT2D eigenvalue weighted by Crippen LogP contribution is 2.33. The van der Waals surface area contributed by atoms with Crippen LogP contribution in [0, 0.1) is 0 Å². The Morgan fingerprint density at radius 3 is 2.38 bits per heavy atom. The molecule has 1 aromatic heterocycles. The molecular formula is C19H16N3O4+. The minimum Gasteiger partial charge on any atom is -0.508 e. The van der Waals surface area contributed by atoms with Gasteiger partial charge >= 0.3 is 11.7 Å². The molecule has 0 amide bonds. The Hall–Kier alpha value is -3.61. The van der Waals surface area contributed by atoms with Gasteiger partial charge in [-0.25, -0.2) is 9.78 Å². The zero-order valence-electron chi connectivity index (χ0n) is 13.8. The molecule has 2 heterocycles. The molecule has 1 atom stereocenters. The third kappa shape index (κ3) is 2.50. The molecule has 0 fully saturated rings. The van der Waals surface area contributed by atoms with Crippen LogP contribution in [0.2, 0.25) is 0 Å². The first kappa shape index (κ1) is 15.9. The van der Waals surface area contributed by atoms with Gasteiger partial charge in [-0.2, -0.15) is 4.57 Å². The number of fused-ring (bicyclic) bond motifs is 1.